The van der Waals surface area contributed by atoms with Crippen molar-refractivity contribution < 1.29 is 23.5 Å². The molecule has 0 amide bonds. The first-order valence-electron chi connectivity index (χ1n) is 8.01. The molecule has 4 rings (SSSR count). The number of ether oxygens (including phenoxy) is 2. The average molecular weight is 336 g/mol. The van der Waals surface area contributed by atoms with Crippen molar-refractivity contribution >= 4 is 17.5 Å². The maximum atomic E-state index is 12.3. The van der Waals surface area contributed by atoms with E-state index in [1.54, 1.807) is 30.7 Å². The van der Waals surface area contributed by atoms with Gasteiger partial charge in [-0.1, -0.05) is 18.2 Å². The minimum absolute atomic E-state index is 0.241. The zero-order valence-electron chi connectivity index (χ0n) is 13.9. The predicted octanol–water partition coefficient (Wildman–Crippen LogP) is 3.97. The lowest BCUT2D eigenvalue weighted by Gasteiger charge is -2.14. The summed E-state index contributed by atoms with van der Waals surface area (Å²) in [5, 5.41) is 0. The first-order valence-corrected chi connectivity index (χ1v) is 8.01. The van der Waals surface area contributed by atoms with Gasteiger partial charge in [0.2, 0.25) is 0 Å². The minimum atomic E-state index is -0.522. The molecular formula is C20H16O5. The van der Waals surface area contributed by atoms with Crippen molar-refractivity contribution in [2.45, 2.75) is 26.6 Å². The molecule has 0 radical (unpaired) electrons. The third-order valence-corrected chi connectivity index (χ3v) is 4.68. The molecule has 2 aliphatic heterocycles. The van der Waals surface area contributed by atoms with Crippen LogP contribution in [0, 0.1) is 0 Å². The molecule has 1 fully saturated rings. The third-order valence-electron chi connectivity index (χ3n) is 4.68. The second-order valence-electron chi connectivity index (χ2n) is 5.99. The van der Waals surface area contributed by atoms with Crippen LogP contribution in [0.4, 0.5) is 0 Å². The van der Waals surface area contributed by atoms with Crippen LogP contribution < -0.4 is 0 Å². The molecule has 126 valence electrons. The van der Waals surface area contributed by atoms with Gasteiger partial charge in [0.1, 0.15) is 6.61 Å². The number of carbonyl (C=O) groups excluding carboxylic acids is 2. The molecule has 3 heterocycles. The summed E-state index contributed by atoms with van der Waals surface area (Å²) in [7, 11) is 0. The van der Waals surface area contributed by atoms with Gasteiger partial charge >= 0.3 is 11.9 Å². The molecule has 0 N–H and O–H groups in total. The number of rotatable bonds is 2. The lowest BCUT2D eigenvalue weighted by molar-refractivity contribution is -0.138. The zero-order valence-corrected chi connectivity index (χ0v) is 13.9. The fraction of sp³-hybridized carbons (Fsp3) is 0.200. The standard InChI is InChI=1S/C20H16O5/c1-3-13-17(18(25-20(13)22)12-7-8-23-9-12)11(2)14-5-4-6-15-16(14)10-24-19(15)21/h3-9,18H,10H2,1-2H3/b13-3?,17-11+/t18-/m0/s1. The molecule has 0 spiro atoms. The first-order chi connectivity index (χ1) is 12.1. The molecule has 0 aliphatic carbocycles. The molecule has 5 heteroatoms. The lowest BCUT2D eigenvalue weighted by atomic mass is 9.88. The molecule has 2 aromatic rings. The lowest BCUT2D eigenvalue weighted by Crippen LogP contribution is -2.01. The number of furan rings is 1. The second-order valence-corrected chi connectivity index (χ2v) is 5.99. The van der Waals surface area contributed by atoms with E-state index in [2.05, 4.69) is 0 Å². The minimum Gasteiger partial charge on any atom is -0.472 e. The van der Waals surface area contributed by atoms with Crippen molar-refractivity contribution in [3.05, 3.63) is 76.3 Å². The van der Waals surface area contributed by atoms with Crippen molar-refractivity contribution in [3.63, 3.8) is 0 Å². The number of cyclic esters (lactones) is 2. The highest BCUT2D eigenvalue weighted by Crippen LogP contribution is 2.44. The smallest absolute Gasteiger partial charge is 0.339 e. The number of fused-ring (bicyclic) bond motifs is 1. The van der Waals surface area contributed by atoms with E-state index in [1.807, 2.05) is 26.0 Å². The van der Waals surface area contributed by atoms with Gasteiger partial charge in [-0.25, -0.2) is 9.59 Å². The SMILES string of the molecule is CC=C1C(=O)O[C@@H](c2ccoc2)/C1=C(\C)c1cccc2c1COC2=O. The summed E-state index contributed by atoms with van der Waals surface area (Å²) in [6.07, 6.45) is 4.36. The molecule has 1 aromatic carbocycles. The van der Waals surface area contributed by atoms with E-state index in [9.17, 15) is 9.59 Å². The quantitative estimate of drug-likeness (QED) is 0.613. The summed E-state index contributed by atoms with van der Waals surface area (Å²) in [5.74, 6) is -0.672. The Bertz CT molecular complexity index is 931. The number of hydrogen-bond donors (Lipinski definition) is 0. The van der Waals surface area contributed by atoms with Crippen molar-refractivity contribution in [1.29, 1.82) is 0 Å². The summed E-state index contributed by atoms with van der Waals surface area (Å²) in [5.41, 5.74) is 5.31. The number of allylic oxidation sites excluding steroid dienone is 2. The molecule has 2 aliphatic rings. The summed E-state index contributed by atoms with van der Waals surface area (Å²) in [6.45, 7) is 3.99. The third kappa shape index (κ3) is 2.31. The van der Waals surface area contributed by atoms with E-state index >= 15 is 0 Å². The molecular weight excluding hydrogens is 320 g/mol. The van der Waals surface area contributed by atoms with Gasteiger partial charge in [0.05, 0.1) is 23.7 Å². The van der Waals surface area contributed by atoms with E-state index in [0.29, 0.717) is 11.1 Å². The summed E-state index contributed by atoms with van der Waals surface area (Å²) in [4.78, 5) is 24.2. The van der Waals surface area contributed by atoms with Crippen LogP contribution in [0.25, 0.3) is 5.57 Å². The largest absolute Gasteiger partial charge is 0.472 e. The van der Waals surface area contributed by atoms with Crippen LogP contribution in [0.15, 0.2) is 58.4 Å². The molecule has 5 nitrogen and oxygen atoms in total. The number of esters is 2. The highest BCUT2D eigenvalue weighted by molar-refractivity contribution is 6.02. The van der Waals surface area contributed by atoms with Crippen LogP contribution in [0.1, 0.15) is 47.0 Å². The van der Waals surface area contributed by atoms with Crippen LogP contribution in [-0.4, -0.2) is 11.9 Å². The Morgan fingerprint density at radius 3 is 2.76 bits per heavy atom. The van der Waals surface area contributed by atoms with E-state index in [0.717, 1.165) is 27.8 Å². The van der Waals surface area contributed by atoms with E-state index in [4.69, 9.17) is 13.9 Å². The Balaban J connectivity index is 1.93. The second kappa shape index (κ2) is 5.77. The van der Waals surface area contributed by atoms with Gasteiger partial charge in [-0.2, -0.15) is 0 Å². The molecule has 1 saturated heterocycles. The van der Waals surface area contributed by atoms with Crippen molar-refractivity contribution in [3.8, 4) is 0 Å². The van der Waals surface area contributed by atoms with Crippen molar-refractivity contribution in [1.82, 2.24) is 0 Å². The summed E-state index contributed by atoms with van der Waals surface area (Å²) < 4.78 is 15.9. The van der Waals surface area contributed by atoms with E-state index in [-0.39, 0.29) is 18.5 Å². The Morgan fingerprint density at radius 2 is 2.04 bits per heavy atom. The maximum Gasteiger partial charge on any atom is 0.339 e. The van der Waals surface area contributed by atoms with Crippen LogP contribution >= 0.6 is 0 Å². The monoisotopic (exact) mass is 336 g/mol. The highest BCUT2D eigenvalue weighted by Gasteiger charge is 2.38. The molecule has 0 bridgehead atoms. The van der Waals surface area contributed by atoms with E-state index in [1.165, 1.54) is 0 Å². The van der Waals surface area contributed by atoms with Crippen LogP contribution in [-0.2, 0) is 20.9 Å². The summed E-state index contributed by atoms with van der Waals surface area (Å²) >= 11 is 0. The van der Waals surface area contributed by atoms with Gasteiger partial charge in [-0.15, -0.1) is 0 Å². The predicted molar refractivity (Wildman–Crippen MR) is 89.5 cm³/mol. The fourth-order valence-electron chi connectivity index (χ4n) is 3.46. The van der Waals surface area contributed by atoms with Crippen LogP contribution in [0.2, 0.25) is 0 Å². The number of hydrogen-bond acceptors (Lipinski definition) is 5. The zero-order chi connectivity index (χ0) is 17.6. The van der Waals surface area contributed by atoms with Gasteiger partial charge in [-0.05, 0) is 37.1 Å². The number of carbonyl (C=O) groups is 2. The maximum absolute atomic E-state index is 12.3. The van der Waals surface area contributed by atoms with Gasteiger partial charge < -0.3 is 13.9 Å². The van der Waals surface area contributed by atoms with Gasteiger partial charge in [0, 0.05) is 16.7 Å². The molecule has 1 atom stereocenters. The van der Waals surface area contributed by atoms with Crippen molar-refractivity contribution in [2.24, 2.45) is 0 Å². The summed E-state index contributed by atoms with van der Waals surface area (Å²) in [6, 6.07) is 7.30. The fourth-order valence-corrected chi connectivity index (χ4v) is 3.46. The molecule has 0 unspecified atom stereocenters. The Morgan fingerprint density at radius 1 is 1.20 bits per heavy atom. The Hall–Kier alpha value is -3.08. The molecule has 25 heavy (non-hydrogen) atoms. The Labute approximate surface area is 144 Å². The van der Waals surface area contributed by atoms with Crippen molar-refractivity contribution in [2.75, 3.05) is 0 Å². The molecule has 1 aromatic heterocycles. The van der Waals surface area contributed by atoms with E-state index < -0.39 is 6.10 Å². The topological polar surface area (TPSA) is 65.7 Å². The first kappa shape index (κ1) is 15.4. The average Bonchev–Trinajstić information content (AvgIpc) is 3.33. The van der Waals surface area contributed by atoms with Crippen LogP contribution in [0.5, 0.6) is 0 Å². The normalized spacial score (nSPS) is 22.8. The van der Waals surface area contributed by atoms with Crippen LogP contribution in [0.3, 0.4) is 0 Å². The van der Waals surface area contributed by atoms with Gasteiger partial charge in [0.15, 0.2) is 6.10 Å². The molecule has 0 saturated carbocycles. The Kier molecular flexibility index (Phi) is 3.57. The highest BCUT2D eigenvalue weighted by atomic mass is 16.6. The number of benzene rings is 1. The van der Waals surface area contributed by atoms with Gasteiger partial charge in [0.25, 0.3) is 0 Å². The van der Waals surface area contributed by atoms with Gasteiger partial charge in [-0.3, -0.25) is 0 Å².